The van der Waals surface area contributed by atoms with Gasteiger partial charge in [-0.3, -0.25) is 0 Å². The van der Waals surface area contributed by atoms with Crippen molar-refractivity contribution in [1.29, 1.82) is 0 Å². The molecule has 0 aliphatic heterocycles. The lowest BCUT2D eigenvalue weighted by molar-refractivity contribution is 0.194. The number of benzene rings is 1. The van der Waals surface area contributed by atoms with Crippen molar-refractivity contribution in [1.82, 2.24) is 10.2 Å². The fourth-order valence-electron chi connectivity index (χ4n) is 1.70. The number of hydrogen-bond acceptors (Lipinski definition) is 1. The normalized spacial score (nSPS) is 16.4. The lowest BCUT2D eigenvalue weighted by atomic mass is 10.1. The van der Waals surface area contributed by atoms with Crippen molar-refractivity contribution in [3.63, 3.8) is 0 Å². The van der Waals surface area contributed by atoms with E-state index in [1.165, 1.54) is 0 Å². The minimum Gasteiger partial charge on any atom is -0.335 e. The molecule has 1 unspecified atom stereocenters. The zero-order valence-corrected chi connectivity index (χ0v) is 10.9. The van der Waals surface area contributed by atoms with E-state index in [9.17, 15) is 4.79 Å². The van der Waals surface area contributed by atoms with Crippen molar-refractivity contribution in [3.05, 3.63) is 34.9 Å². The van der Waals surface area contributed by atoms with Gasteiger partial charge in [0.15, 0.2) is 0 Å². The van der Waals surface area contributed by atoms with E-state index in [0.717, 1.165) is 18.4 Å². The van der Waals surface area contributed by atoms with Crippen LogP contribution in [0.4, 0.5) is 4.79 Å². The second-order valence-electron chi connectivity index (χ2n) is 4.53. The minimum atomic E-state index is -0.0279. The summed E-state index contributed by atoms with van der Waals surface area (Å²) in [7, 11) is 1.80. The number of carbonyl (C=O) groups is 1. The fraction of sp³-hybridized carbons (Fsp3) is 0.462. The third-order valence-electron chi connectivity index (χ3n) is 3.16. The van der Waals surface area contributed by atoms with Crippen LogP contribution in [0.25, 0.3) is 0 Å². The Morgan fingerprint density at radius 2 is 2.12 bits per heavy atom. The summed E-state index contributed by atoms with van der Waals surface area (Å²) >= 11 is 6.13. The number of nitrogens with one attached hydrogen (secondary N) is 1. The molecule has 0 saturated heterocycles. The smallest absolute Gasteiger partial charge is 0.317 e. The summed E-state index contributed by atoms with van der Waals surface area (Å²) in [6.45, 7) is 1.98. The Labute approximate surface area is 107 Å². The molecular weight excluding hydrogens is 236 g/mol. The van der Waals surface area contributed by atoms with Crippen LogP contribution in [0.15, 0.2) is 24.3 Å². The number of halogens is 1. The molecule has 2 amide bonds. The molecule has 1 aromatic carbocycles. The highest BCUT2D eigenvalue weighted by atomic mass is 35.5. The molecule has 1 aliphatic carbocycles. The second-order valence-corrected chi connectivity index (χ2v) is 4.94. The maximum Gasteiger partial charge on any atom is 0.317 e. The first-order valence-electron chi connectivity index (χ1n) is 5.87. The third-order valence-corrected chi connectivity index (χ3v) is 3.51. The number of amides is 2. The van der Waals surface area contributed by atoms with Crippen molar-refractivity contribution in [2.45, 2.75) is 31.8 Å². The lowest BCUT2D eigenvalue weighted by Crippen LogP contribution is -2.39. The van der Waals surface area contributed by atoms with Crippen LogP contribution in [0, 0.1) is 0 Å². The van der Waals surface area contributed by atoms with Gasteiger partial charge in [-0.25, -0.2) is 4.79 Å². The predicted molar refractivity (Wildman–Crippen MR) is 69.2 cm³/mol. The van der Waals surface area contributed by atoms with E-state index >= 15 is 0 Å². The lowest BCUT2D eigenvalue weighted by Gasteiger charge is -2.26. The van der Waals surface area contributed by atoms with E-state index in [2.05, 4.69) is 5.32 Å². The number of urea groups is 1. The SMILES string of the molecule is CC(c1ccccc1Cl)N(C)C(=O)NC1CC1. The molecule has 1 aromatic rings. The highest BCUT2D eigenvalue weighted by Crippen LogP contribution is 2.27. The van der Waals surface area contributed by atoms with Crippen molar-refractivity contribution >= 4 is 17.6 Å². The molecule has 0 aromatic heterocycles. The second kappa shape index (κ2) is 4.96. The van der Waals surface area contributed by atoms with Crippen molar-refractivity contribution in [2.75, 3.05) is 7.05 Å². The molecule has 0 bridgehead atoms. The fourth-order valence-corrected chi connectivity index (χ4v) is 2.00. The van der Waals surface area contributed by atoms with Gasteiger partial charge in [0.05, 0.1) is 6.04 Å². The van der Waals surface area contributed by atoms with Crippen molar-refractivity contribution < 1.29 is 4.79 Å². The molecule has 1 N–H and O–H groups in total. The Bertz CT molecular complexity index is 418. The topological polar surface area (TPSA) is 32.3 Å². The van der Waals surface area contributed by atoms with Crippen LogP contribution < -0.4 is 5.32 Å². The van der Waals surface area contributed by atoms with Gasteiger partial charge in [0.2, 0.25) is 0 Å². The number of rotatable bonds is 3. The van der Waals surface area contributed by atoms with Gasteiger partial charge in [0.25, 0.3) is 0 Å². The predicted octanol–water partition coefficient (Wildman–Crippen LogP) is 3.20. The third kappa shape index (κ3) is 2.91. The van der Waals surface area contributed by atoms with E-state index in [4.69, 9.17) is 11.6 Å². The maximum absolute atomic E-state index is 11.9. The van der Waals surface area contributed by atoms with E-state index in [1.54, 1.807) is 11.9 Å². The molecule has 1 fully saturated rings. The van der Waals surface area contributed by atoms with E-state index in [0.29, 0.717) is 11.1 Å². The first kappa shape index (κ1) is 12.2. The molecule has 1 saturated carbocycles. The molecular formula is C13H17ClN2O. The van der Waals surface area contributed by atoms with Gasteiger partial charge in [-0.1, -0.05) is 29.8 Å². The molecule has 4 heteroatoms. The summed E-state index contributed by atoms with van der Waals surface area (Å²) in [5, 5.41) is 3.67. The molecule has 1 atom stereocenters. The quantitative estimate of drug-likeness (QED) is 0.880. The highest BCUT2D eigenvalue weighted by molar-refractivity contribution is 6.31. The van der Waals surface area contributed by atoms with Crippen LogP contribution in [0.5, 0.6) is 0 Å². The number of carbonyl (C=O) groups excluding carboxylic acids is 1. The Morgan fingerprint density at radius 3 is 2.71 bits per heavy atom. The van der Waals surface area contributed by atoms with Crippen LogP contribution >= 0.6 is 11.6 Å². The average molecular weight is 253 g/mol. The highest BCUT2D eigenvalue weighted by Gasteiger charge is 2.26. The van der Waals surface area contributed by atoms with Crippen LogP contribution in [-0.4, -0.2) is 24.0 Å². The molecule has 0 spiro atoms. The number of hydrogen-bond donors (Lipinski definition) is 1. The Balaban J connectivity index is 2.05. The van der Waals surface area contributed by atoms with Crippen LogP contribution in [0.2, 0.25) is 5.02 Å². The monoisotopic (exact) mass is 252 g/mol. The van der Waals surface area contributed by atoms with E-state index < -0.39 is 0 Å². The average Bonchev–Trinajstić information content (AvgIpc) is 3.11. The van der Waals surface area contributed by atoms with Gasteiger partial charge in [0, 0.05) is 18.1 Å². The Morgan fingerprint density at radius 1 is 1.47 bits per heavy atom. The van der Waals surface area contributed by atoms with Gasteiger partial charge in [-0.05, 0) is 31.4 Å². The van der Waals surface area contributed by atoms with Crippen molar-refractivity contribution in [3.8, 4) is 0 Å². The van der Waals surface area contributed by atoms with Gasteiger partial charge in [-0.15, -0.1) is 0 Å². The minimum absolute atomic E-state index is 0.0255. The maximum atomic E-state index is 11.9. The summed E-state index contributed by atoms with van der Waals surface area (Å²) in [5.41, 5.74) is 0.975. The summed E-state index contributed by atoms with van der Waals surface area (Å²) in [4.78, 5) is 13.6. The zero-order valence-electron chi connectivity index (χ0n) is 10.1. The standard InChI is InChI=1S/C13H17ClN2O/c1-9(11-5-3-4-6-12(11)14)16(2)13(17)15-10-7-8-10/h3-6,9-10H,7-8H2,1-2H3,(H,15,17). The number of nitrogens with zero attached hydrogens (tertiary/aromatic N) is 1. The molecule has 92 valence electrons. The van der Waals surface area contributed by atoms with Crippen LogP contribution in [0.1, 0.15) is 31.4 Å². The zero-order chi connectivity index (χ0) is 12.4. The molecule has 3 nitrogen and oxygen atoms in total. The summed E-state index contributed by atoms with van der Waals surface area (Å²) in [6, 6.07) is 7.95. The van der Waals surface area contributed by atoms with E-state index in [1.807, 2.05) is 31.2 Å². The van der Waals surface area contributed by atoms with E-state index in [-0.39, 0.29) is 12.1 Å². The van der Waals surface area contributed by atoms with Gasteiger partial charge in [-0.2, -0.15) is 0 Å². The Kier molecular flexibility index (Phi) is 3.57. The summed E-state index contributed by atoms with van der Waals surface area (Å²) < 4.78 is 0. The first-order valence-corrected chi connectivity index (χ1v) is 6.25. The van der Waals surface area contributed by atoms with Gasteiger partial charge in [0.1, 0.15) is 0 Å². The largest absolute Gasteiger partial charge is 0.335 e. The molecule has 17 heavy (non-hydrogen) atoms. The van der Waals surface area contributed by atoms with Gasteiger partial charge < -0.3 is 10.2 Å². The summed E-state index contributed by atoms with van der Waals surface area (Å²) in [5.74, 6) is 0. The molecule has 2 rings (SSSR count). The van der Waals surface area contributed by atoms with Crippen LogP contribution in [-0.2, 0) is 0 Å². The molecule has 0 heterocycles. The van der Waals surface area contributed by atoms with Crippen molar-refractivity contribution in [2.24, 2.45) is 0 Å². The summed E-state index contributed by atoms with van der Waals surface area (Å²) in [6.07, 6.45) is 2.19. The van der Waals surface area contributed by atoms with Crippen LogP contribution in [0.3, 0.4) is 0 Å². The van der Waals surface area contributed by atoms with Gasteiger partial charge >= 0.3 is 6.03 Å². The first-order chi connectivity index (χ1) is 8.09. The Hall–Kier alpha value is -1.22. The molecule has 1 aliphatic rings. The molecule has 0 radical (unpaired) electrons.